The SMILES string of the molecule is F[B-](F)(F)c1cn(-c2ccc(C(F)(F)F)cc2)nn1.[K+]. The Balaban J connectivity index is 0.00000200. The van der Waals surface area contributed by atoms with E-state index in [4.69, 9.17) is 0 Å². The van der Waals surface area contributed by atoms with E-state index in [1.54, 1.807) is 0 Å². The zero-order valence-electron chi connectivity index (χ0n) is 10.1. The van der Waals surface area contributed by atoms with Crippen molar-refractivity contribution in [2.24, 2.45) is 0 Å². The van der Waals surface area contributed by atoms with Gasteiger partial charge < -0.3 is 12.9 Å². The van der Waals surface area contributed by atoms with Crippen LogP contribution in [-0.2, 0) is 6.18 Å². The molecule has 0 radical (unpaired) electrons. The maximum absolute atomic E-state index is 12.3. The molecular formula is C9H5BF6KN3. The first-order valence-corrected chi connectivity index (χ1v) is 4.98. The Kier molecular flexibility index (Phi) is 5.47. The molecule has 0 aliphatic carbocycles. The van der Waals surface area contributed by atoms with E-state index < -0.39 is 24.3 Å². The van der Waals surface area contributed by atoms with E-state index in [1.807, 2.05) is 0 Å². The van der Waals surface area contributed by atoms with Gasteiger partial charge in [-0.3, -0.25) is 0 Å². The van der Waals surface area contributed by atoms with Gasteiger partial charge in [-0.05, 0) is 24.3 Å². The van der Waals surface area contributed by atoms with Crippen molar-refractivity contribution in [2.45, 2.75) is 6.18 Å². The molecule has 1 aromatic carbocycles. The Labute approximate surface area is 151 Å². The van der Waals surface area contributed by atoms with Crippen LogP contribution in [0.4, 0.5) is 26.1 Å². The standard InChI is InChI=1S/C9H5BF6N3.K/c11-9(12,13)6-1-3-7(4-2-6)19-5-8(17-18-19)10(14,15)16;/h1-5H;/q-1;+1. The molecule has 11 heteroatoms. The van der Waals surface area contributed by atoms with Crippen molar-refractivity contribution in [1.82, 2.24) is 15.0 Å². The molecule has 0 fully saturated rings. The topological polar surface area (TPSA) is 30.7 Å². The number of alkyl halides is 3. The van der Waals surface area contributed by atoms with Crippen LogP contribution in [0, 0.1) is 0 Å². The molecule has 2 rings (SSSR count). The molecular weight excluding hydrogens is 314 g/mol. The molecule has 0 aliphatic rings. The molecule has 0 aliphatic heterocycles. The average Bonchev–Trinajstić information content (AvgIpc) is 2.77. The zero-order valence-corrected chi connectivity index (χ0v) is 13.2. The van der Waals surface area contributed by atoms with Crippen LogP contribution in [0.25, 0.3) is 5.69 Å². The molecule has 0 spiro atoms. The van der Waals surface area contributed by atoms with Gasteiger partial charge in [-0.25, -0.2) is 4.68 Å². The van der Waals surface area contributed by atoms with Gasteiger partial charge in [0.15, 0.2) is 0 Å². The fourth-order valence-electron chi connectivity index (χ4n) is 1.36. The summed E-state index contributed by atoms with van der Waals surface area (Å²) in [6.45, 7) is -5.28. The summed E-state index contributed by atoms with van der Waals surface area (Å²) in [5.41, 5.74) is -1.98. The Morgan fingerprint density at radius 2 is 1.55 bits per heavy atom. The second kappa shape index (κ2) is 6.18. The molecule has 0 amide bonds. The fraction of sp³-hybridized carbons (Fsp3) is 0.111. The minimum Gasteiger partial charge on any atom is -0.444 e. The van der Waals surface area contributed by atoms with Gasteiger partial charge in [0.25, 0.3) is 0 Å². The molecule has 0 atom stereocenters. The van der Waals surface area contributed by atoms with Crippen molar-refractivity contribution < 1.29 is 77.5 Å². The minimum atomic E-state index is -5.28. The minimum absolute atomic E-state index is 0. The number of hydrogen-bond acceptors (Lipinski definition) is 2. The van der Waals surface area contributed by atoms with Crippen molar-refractivity contribution in [3.63, 3.8) is 0 Å². The van der Waals surface area contributed by atoms with Crippen LogP contribution >= 0.6 is 0 Å². The summed E-state index contributed by atoms with van der Waals surface area (Å²) in [7, 11) is 0. The van der Waals surface area contributed by atoms with Crippen molar-refractivity contribution in [1.29, 1.82) is 0 Å². The zero-order chi connectivity index (χ0) is 14.3. The third kappa shape index (κ3) is 4.07. The third-order valence-corrected chi connectivity index (χ3v) is 2.31. The summed E-state index contributed by atoms with van der Waals surface area (Å²) >= 11 is 0. The van der Waals surface area contributed by atoms with Gasteiger partial charge in [0, 0.05) is 11.8 Å². The monoisotopic (exact) mass is 319 g/mol. The summed E-state index contributed by atoms with van der Waals surface area (Å²) in [5, 5.41) is 6.15. The first-order valence-electron chi connectivity index (χ1n) is 4.98. The molecule has 0 bridgehead atoms. The van der Waals surface area contributed by atoms with E-state index in [0.717, 1.165) is 28.9 Å². The number of hydrogen-bond donors (Lipinski definition) is 0. The number of aromatic nitrogens is 3. The van der Waals surface area contributed by atoms with Crippen LogP contribution in [0.1, 0.15) is 5.56 Å². The molecule has 0 saturated carbocycles. The van der Waals surface area contributed by atoms with Crippen molar-refractivity contribution in [2.75, 3.05) is 0 Å². The Morgan fingerprint density at radius 1 is 1.00 bits per heavy atom. The molecule has 20 heavy (non-hydrogen) atoms. The molecule has 3 nitrogen and oxygen atoms in total. The Hall–Kier alpha value is -0.359. The maximum Gasteiger partial charge on any atom is 1.00 e. The van der Waals surface area contributed by atoms with Crippen molar-refractivity contribution in [3.8, 4) is 5.69 Å². The van der Waals surface area contributed by atoms with E-state index in [1.165, 1.54) is 0 Å². The number of rotatable bonds is 2. The quantitative estimate of drug-likeness (QED) is 0.544. The van der Waals surface area contributed by atoms with Gasteiger partial charge in [-0.1, -0.05) is 5.21 Å². The van der Waals surface area contributed by atoms with Gasteiger partial charge in [-0.2, -0.15) is 18.3 Å². The molecule has 0 N–H and O–H groups in total. The summed E-state index contributed by atoms with van der Waals surface area (Å²) in [4.78, 5) is 0. The van der Waals surface area contributed by atoms with E-state index >= 15 is 0 Å². The summed E-state index contributed by atoms with van der Waals surface area (Å²) in [5.74, 6) is 0. The van der Waals surface area contributed by atoms with Crippen LogP contribution in [0.2, 0.25) is 0 Å². The van der Waals surface area contributed by atoms with Crippen LogP contribution in [-0.4, -0.2) is 22.0 Å². The van der Waals surface area contributed by atoms with Gasteiger partial charge in [0.05, 0.1) is 11.3 Å². The van der Waals surface area contributed by atoms with Crippen LogP contribution < -0.4 is 57.0 Å². The molecule has 1 aromatic heterocycles. The Bertz CT molecular complexity index is 577. The van der Waals surface area contributed by atoms with Gasteiger partial charge in [0.2, 0.25) is 0 Å². The first-order chi connectivity index (χ1) is 8.68. The molecule has 102 valence electrons. The molecule has 0 saturated heterocycles. The number of benzene rings is 1. The van der Waals surface area contributed by atoms with Crippen molar-refractivity contribution >= 4 is 12.6 Å². The predicted molar refractivity (Wildman–Crippen MR) is 55.1 cm³/mol. The van der Waals surface area contributed by atoms with Crippen LogP contribution in [0.3, 0.4) is 0 Å². The molecule has 2 aromatic rings. The van der Waals surface area contributed by atoms with Crippen molar-refractivity contribution in [3.05, 3.63) is 36.0 Å². The number of halogens is 6. The smallest absolute Gasteiger partial charge is 0.444 e. The fourth-order valence-corrected chi connectivity index (χ4v) is 1.36. The summed E-state index contributed by atoms with van der Waals surface area (Å²) < 4.78 is 74.7. The average molecular weight is 319 g/mol. The number of nitrogens with zero attached hydrogens (tertiary/aromatic N) is 3. The normalized spacial score (nSPS) is 12.1. The van der Waals surface area contributed by atoms with Gasteiger partial charge in [-0.15, -0.1) is 0 Å². The predicted octanol–water partition coefficient (Wildman–Crippen LogP) is -0.656. The van der Waals surface area contributed by atoms with E-state index in [2.05, 4.69) is 10.3 Å². The van der Waals surface area contributed by atoms with Crippen LogP contribution in [0.15, 0.2) is 30.5 Å². The van der Waals surface area contributed by atoms with E-state index in [-0.39, 0.29) is 57.1 Å². The van der Waals surface area contributed by atoms with Gasteiger partial charge >= 0.3 is 64.5 Å². The Morgan fingerprint density at radius 3 is 1.95 bits per heavy atom. The summed E-state index contributed by atoms with van der Waals surface area (Å²) in [6, 6.07) is 3.56. The molecule has 1 heterocycles. The largest absolute Gasteiger partial charge is 1.00 e. The van der Waals surface area contributed by atoms with Crippen LogP contribution in [0.5, 0.6) is 0 Å². The second-order valence-corrected chi connectivity index (χ2v) is 3.71. The first kappa shape index (κ1) is 17.7. The second-order valence-electron chi connectivity index (χ2n) is 3.71. The summed E-state index contributed by atoms with van der Waals surface area (Å²) in [6.07, 6.45) is -3.87. The third-order valence-electron chi connectivity index (χ3n) is 2.31. The maximum atomic E-state index is 12.3. The molecule has 0 unspecified atom stereocenters. The van der Waals surface area contributed by atoms with E-state index in [0.29, 0.717) is 6.20 Å². The van der Waals surface area contributed by atoms with E-state index in [9.17, 15) is 26.1 Å². The van der Waals surface area contributed by atoms with Gasteiger partial charge in [0.1, 0.15) is 0 Å².